The molecule has 0 bridgehead atoms. The van der Waals surface area contributed by atoms with Crippen LogP contribution in [0.2, 0.25) is 0 Å². The van der Waals surface area contributed by atoms with Crippen molar-refractivity contribution < 1.29 is 4.42 Å². The van der Waals surface area contributed by atoms with Crippen molar-refractivity contribution in [3.63, 3.8) is 0 Å². The Hall–Kier alpha value is -7.16. The van der Waals surface area contributed by atoms with E-state index in [1.54, 1.807) is 0 Å². The minimum atomic E-state index is -0.0932. The second kappa shape index (κ2) is 13.0. The Morgan fingerprint density at radius 3 is 1.77 bits per heavy atom. The number of hydrogen-bond acceptors (Lipinski definition) is 2. The van der Waals surface area contributed by atoms with Crippen LogP contribution in [0.5, 0.6) is 0 Å². The van der Waals surface area contributed by atoms with Crippen molar-refractivity contribution in [2.24, 2.45) is 0 Å². The summed E-state index contributed by atoms with van der Waals surface area (Å²) in [6.07, 6.45) is 0. The fourth-order valence-corrected chi connectivity index (χ4v) is 9.42. The Kier molecular flexibility index (Phi) is 7.55. The van der Waals surface area contributed by atoms with E-state index in [0.29, 0.717) is 0 Å². The molecule has 1 aromatic heterocycles. The van der Waals surface area contributed by atoms with Crippen LogP contribution in [-0.2, 0) is 5.41 Å². The summed E-state index contributed by atoms with van der Waals surface area (Å²) in [5.41, 5.74) is 17.7. The molecule has 0 spiro atoms. The number of anilines is 3. The summed E-state index contributed by atoms with van der Waals surface area (Å²) in [6.45, 7) is 4.72. The summed E-state index contributed by atoms with van der Waals surface area (Å²) in [6, 6.07) is 72.6. The van der Waals surface area contributed by atoms with Crippen molar-refractivity contribution in [1.29, 1.82) is 0 Å². The summed E-state index contributed by atoms with van der Waals surface area (Å²) in [5.74, 6) is 0. The predicted molar refractivity (Wildman–Crippen MR) is 240 cm³/mol. The molecule has 0 amide bonds. The van der Waals surface area contributed by atoms with Gasteiger partial charge in [0.15, 0.2) is 0 Å². The number of hydrogen-bond donors (Lipinski definition) is 0. The number of rotatable bonds is 6. The highest BCUT2D eigenvalue weighted by molar-refractivity contribution is 6.12. The first kappa shape index (κ1) is 33.2. The van der Waals surface area contributed by atoms with E-state index in [1.165, 1.54) is 60.8 Å². The van der Waals surface area contributed by atoms with Crippen LogP contribution in [0, 0.1) is 0 Å². The first-order valence-corrected chi connectivity index (χ1v) is 19.8. The summed E-state index contributed by atoms with van der Waals surface area (Å²) in [4.78, 5) is 2.38. The van der Waals surface area contributed by atoms with Crippen LogP contribution >= 0.6 is 0 Å². The molecule has 2 heteroatoms. The molecular weight excluding hydrogens is 691 g/mol. The monoisotopic (exact) mass is 729 g/mol. The molecule has 2 nitrogen and oxygen atoms in total. The molecule has 9 aromatic carbocycles. The van der Waals surface area contributed by atoms with Gasteiger partial charge in [-0.2, -0.15) is 0 Å². The maximum atomic E-state index is 6.25. The minimum Gasteiger partial charge on any atom is -0.456 e. The SMILES string of the molecule is CC1(C)c2ccccc2-c2cccc(-c3ccc(N(c4ccc(-c5cccc6oc7ccccc7c56)cc4)c4cccc(-c5cccc6ccccc56)c4)cc3)c21. The van der Waals surface area contributed by atoms with E-state index in [2.05, 4.69) is 207 Å². The minimum absolute atomic E-state index is 0.0932. The van der Waals surface area contributed by atoms with Crippen molar-refractivity contribution in [2.45, 2.75) is 19.3 Å². The molecule has 11 rings (SSSR count). The highest BCUT2D eigenvalue weighted by Gasteiger charge is 2.37. The lowest BCUT2D eigenvalue weighted by molar-refractivity contribution is 0.662. The van der Waals surface area contributed by atoms with Gasteiger partial charge in [0.25, 0.3) is 0 Å². The Morgan fingerprint density at radius 1 is 0.386 bits per heavy atom. The van der Waals surface area contributed by atoms with Crippen LogP contribution < -0.4 is 4.90 Å². The fourth-order valence-electron chi connectivity index (χ4n) is 9.42. The molecule has 0 unspecified atom stereocenters. The fraction of sp³-hybridized carbons (Fsp3) is 0.0545. The van der Waals surface area contributed by atoms with Gasteiger partial charge in [0.1, 0.15) is 11.2 Å². The molecule has 0 saturated carbocycles. The molecule has 0 aliphatic heterocycles. The number of furan rings is 1. The van der Waals surface area contributed by atoms with Gasteiger partial charge in [-0.05, 0) is 115 Å². The van der Waals surface area contributed by atoms with Crippen molar-refractivity contribution >= 4 is 49.8 Å². The van der Waals surface area contributed by atoms with Crippen LogP contribution in [-0.4, -0.2) is 0 Å². The second-order valence-corrected chi connectivity index (χ2v) is 15.7. The lowest BCUT2D eigenvalue weighted by atomic mass is 9.79. The van der Waals surface area contributed by atoms with Gasteiger partial charge in [0, 0.05) is 33.2 Å². The molecule has 57 heavy (non-hydrogen) atoms. The molecule has 10 aromatic rings. The zero-order chi connectivity index (χ0) is 38.1. The summed E-state index contributed by atoms with van der Waals surface area (Å²) in [7, 11) is 0. The van der Waals surface area contributed by atoms with Gasteiger partial charge in [0.05, 0.1) is 0 Å². The molecule has 0 fully saturated rings. The Labute approximate surface area is 332 Å². The van der Waals surface area contributed by atoms with Crippen LogP contribution in [0.15, 0.2) is 205 Å². The van der Waals surface area contributed by atoms with Crippen molar-refractivity contribution in [1.82, 2.24) is 0 Å². The van der Waals surface area contributed by atoms with Gasteiger partial charge in [-0.25, -0.2) is 0 Å². The number of nitrogens with zero attached hydrogens (tertiary/aromatic N) is 1. The summed E-state index contributed by atoms with van der Waals surface area (Å²) in [5, 5.41) is 4.77. The molecule has 1 heterocycles. The van der Waals surface area contributed by atoms with Crippen LogP contribution in [0.1, 0.15) is 25.0 Å². The Bertz CT molecular complexity index is 3140. The van der Waals surface area contributed by atoms with E-state index in [0.717, 1.165) is 44.6 Å². The van der Waals surface area contributed by atoms with Gasteiger partial charge < -0.3 is 9.32 Å². The third kappa shape index (κ3) is 5.33. The lowest BCUT2D eigenvalue weighted by Crippen LogP contribution is -2.16. The molecule has 0 atom stereocenters. The lowest BCUT2D eigenvalue weighted by Gasteiger charge is -2.27. The van der Waals surface area contributed by atoms with E-state index < -0.39 is 0 Å². The van der Waals surface area contributed by atoms with Crippen LogP contribution in [0.4, 0.5) is 17.1 Å². The summed E-state index contributed by atoms with van der Waals surface area (Å²) >= 11 is 0. The summed E-state index contributed by atoms with van der Waals surface area (Å²) < 4.78 is 6.25. The van der Waals surface area contributed by atoms with Crippen LogP contribution in [0.3, 0.4) is 0 Å². The number of para-hydroxylation sites is 1. The van der Waals surface area contributed by atoms with Crippen LogP contribution in [0.25, 0.3) is 77.2 Å². The molecule has 270 valence electrons. The van der Waals surface area contributed by atoms with Crippen molar-refractivity contribution in [3.05, 3.63) is 211 Å². The second-order valence-electron chi connectivity index (χ2n) is 15.7. The average molecular weight is 730 g/mol. The molecule has 1 aliphatic carbocycles. The van der Waals surface area contributed by atoms with Crippen molar-refractivity contribution in [2.75, 3.05) is 4.90 Å². The Balaban J connectivity index is 1.03. The molecule has 0 N–H and O–H groups in total. The van der Waals surface area contributed by atoms with E-state index >= 15 is 0 Å². The van der Waals surface area contributed by atoms with E-state index in [1.807, 2.05) is 12.1 Å². The smallest absolute Gasteiger partial charge is 0.136 e. The number of benzene rings is 9. The van der Waals surface area contributed by atoms with Gasteiger partial charge >= 0.3 is 0 Å². The average Bonchev–Trinajstić information content (AvgIpc) is 3.76. The van der Waals surface area contributed by atoms with Gasteiger partial charge in [0.2, 0.25) is 0 Å². The first-order valence-electron chi connectivity index (χ1n) is 19.8. The topological polar surface area (TPSA) is 16.4 Å². The molecule has 0 radical (unpaired) electrons. The van der Waals surface area contributed by atoms with Gasteiger partial charge in [-0.15, -0.1) is 0 Å². The maximum absolute atomic E-state index is 6.25. The van der Waals surface area contributed by atoms with Gasteiger partial charge in [-0.3, -0.25) is 0 Å². The predicted octanol–water partition coefficient (Wildman–Crippen LogP) is 15.5. The maximum Gasteiger partial charge on any atom is 0.136 e. The number of fused-ring (bicyclic) bond motifs is 7. The van der Waals surface area contributed by atoms with E-state index in [4.69, 9.17) is 4.42 Å². The quantitative estimate of drug-likeness (QED) is 0.169. The molecular formula is C55H39NO. The zero-order valence-electron chi connectivity index (χ0n) is 31.9. The Morgan fingerprint density at radius 2 is 0.947 bits per heavy atom. The van der Waals surface area contributed by atoms with Crippen molar-refractivity contribution in [3.8, 4) is 44.5 Å². The normalized spacial score (nSPS) is 12.9. The zero-order valence-corrected chi connectivity index (χ0v) is 31.9. The van der Waals surface area contributed by atoms with Gasteiger partial charge in [-0.1, -0.05) is 166 Å². The molecule has 0 saturated heterocycles. The molecule has 1 aliphatic rings. The third-order valence-electron chi connectivity index (χ3n) is 12.1. The largest absolute Gasteiger partial charge is 0.456 e. The standard InChI is InChI=1S/C55H39NO/c1-55(2)50-24-7-5-18-47(50)48-23-11-22-46(54(48)55)38-29-33-41(34-30-38)56(42-16-9-15-39(35-42)44-20-10-14-36-13-3-4-17-43(36)44)40-31-27-37(28-32-40)45-21-12-26-52-53(45)49-19-6-8-25-51(49)57-52/h3-35H,1-2H3. The van der Waals surface area contributed by atoms with E-state index in [9.17, 15) is 0 Å². The third-order valence-corrected chi connectivity index (χ3v) is 12.1. The first-order chi connectivity index (χ1) is 28.0. The highest BCUT2D eigenvalue weighted by atomic mass is 16.3. The van der Waals surface area contributed by atoms with E-state index in [-0.39, 0.29) is 5.41 Å². The highest BCUT2D eigenvalue weighted by Crippen LogP contribution is 2.52.